The van der Waals surface area contributed by atoms with Gasteiger partial charge < -0.3 is 30.4 Å². The second-order valence-electron chi connectivity index (χ2n) is 7.33. The van der Waals surface area contributed by atoms with Gasteiger partial charge in [0.25, 0.3) is 5.17 Å². The second kappa shape index (κ2) is 10.6. The topological polar surface area (TPSA) is 103 Å². The molecule has 1 aliphatic heterocycles. The van der Waals surface area contributed by atoms with E-state index in [1.807, 2.05) is 30.3 Å². The lowest BCUT2D eigenvalue weighted by atomic mass is 9.74. The molecule has 1 aliphatic rings. The summed E-state index contributed by atoms with van der Waals surface area (Å²) in [7, 11) is 0. The second-order valence-corrected chi connectivity index (χ2v) is 7.70. The highest BCUT2D eigenvalue weighted by Gasteiger charge is 2.48. The van der Waals surface area contributed by atoms with Crippen LogP contribution in [0.25, 0.3) is 0 Å². The van der Waals surface area contributed by atoms with E-state index in [4.69, 9.17) is 32.2 Å². The zero-order valence-corrected chi connectivity index (χ0v) is 17.6. The van der Waals surface area contributed by atoms with Crippen molar-refractivity contribution in [2.75, 3.05) is 19.8 Å². The molecule has 4 N–H and O–H groups in total. The van der Waals surface area contributed by atoms with Crippen molar-refractivity contribution in [2.24, 2.45) is 11.7 Å². The third-order valence-corrected chi connectivity index (χ3v) is 5.49. The van der Waals surface area contributed by atoms with E-state index in [1.165, 1.54) is 6.07 Å². The summed E-state index contributed by atoms with van der Waals surface area (Å²) in [6.45, 7) is 0.429. The van der Waals surface area contributed by atoms with Crippen LogP contribution in [0.1, 0.15) is 17.5 Å². The number of benzene rings is 2. The van der Waals surface area contributed by atoms with Crippen LogP contribution < -0.4 is 11.1 Å². The number of hydrogen-bond donors (Lipinski definition) is 3. The Morgan fingerprint density at radius 2 is 1.97 bits per heavy atom. The fourth-order valence-corrected chi connectivity index (χ4v) is 4.07. The first-order valence-electron chi connectivity index (χ1n) is 9.83. The summed E-state index contributed by atoms with van der Waals surface area (Å²) < 4.78 is 31.3. The molecule has 3 atom stereocenters. The molecule has 1 heterocycles. The predicted molar refractivity (Wildman–Crippen MR) is 116 cm³/mol. The number of halogens is 1. The van der Waals surface area contributed by atoms with Crippen LogP contribution in [-0.2, 0) is 26.4 Å². The summed E-state index contributed by atoms with van der Waals surface area (Å²) >= 11 is 5.06. The van der Waals surface area contributed by atoms with Gasteiger partial charge in [-0.15, -0.1) is 0 Å². The van der Waals surface area contributed by atoms with Crippen LogP contribution in [0.4, 0.5) is 9.18 Å². The van der Waals surface area contributed by atoms with E-state index in [0.29, 0.717) is 19.6 Å². The largest absolute Gasteiger partial charge is 0.411 e. The Morgan fingerprint density at radius 1 is 1.26 bits per heavy atom. The number of thiocarbonyl (C=S) groups is 1. The lowest BCUT2D eigenvalue weighted by Gasteiger charge is -2.46. The summed E-state index contributed by atoms with van der Waals surface area (Å²) in [6, 6.07) is 15.8. The van der Waals surface area contributed by atoms with Crippen molar-refractivity contribution in [1.29, 1.82) is 0 Å². The molecule has 31 heavy (non-hydrogen) atoms. The Hall–Kier alpha value is -2.59. The maximum absolute atomic E-state index is 14.8. The number of nitrogens with one attached hydrogen (secondary N) is 1. The molecule has 2 aromatic carbocycles. The quantitative estimate of drug-likeness (QED) is 0.560. The van der Waals surface area contributed by atoms with Crippen molar-refractivity contribution in [3.63, 3.8) is 0 Å². The third-order valence-electron chi connectivity index (χ3n) is 5.30. The molecular formula is C22H25FN2O5S. The Kier molecular flexibility index (Phi) is 7.91. The van der Waals surface area contributed by atoms with Crippen LogP contribution in [0.3, 0.4) is 0 Å². The zero-order valence-electron chi connectivity index (χ0n) is 16.8. The molecule has 3 rings (SSSR count). The van der Waals surface area contributed by atoms with Crippen LogP contribution >= 0.6 is 12.2 Å². The molecule has 166 valence electrons. The summed E-state index contributed by atoms with van der Waals surface area (Å²) in [5, 5.41) is 12.7. The lowest BCUT2D eigenvalue weighted by Crippen LogP contribution is -2.60. The molecule has 1 amide bonds. The average molecular weight is 449 g/mol. The molecule has 0 radical (unpaired) electrons. The van der Waals surface area contributed by atoms with Crippen molar-refractivity contribution in [3.8, 4) is 0 Å². The normalized spacial score (nSPS) is 23.2. The summed E-state index contributed by atoms with van der Waals surface area (Å²) in [6.07, 6.45) is -1.04. The predicted octanol–water partition coefficient (Wildman–Crippen LogP) is 2.61. The molecule has 1 saturated heterocycles. The molecule has 0 saturated carbocycles. The van der Waals surface area contributed by atoms with Crippen molar-refractivity contribution >= 4 is 23.5 Å². The number of nitrogens with two attached hydrogens (primary N) is 1. The van der Waals surface area contributed by atoms with E-state index < -0.39 is 23.4 Å². The van der Waals surface area contributed by atoms with Crippen molar-refractivity contribution in [1.82, 2.24) is 5.32 Å². The van der Waals surface area contributed by atoms with Crippen LogP contribution in [-0.4, -0.2) is 42.3 Å². The Bertz CT molecular complexity index is 900. The molecule has 1 fully saturated rings. The molecule has 0 aromatic heterocycles. The average Bonchev–Trinajstić information content (AvgIpc) is 2.75. The summed E-state index contributed by atoms with van der Waals surface area (Å²) in [5.41, 5.74) is 5.07. The van der Waals surface area contributed by atoms with E-state index in [1.54, 1.807) is 18.2 Å². The first-order valence-corrected chi connectivity index (χ1v) is 10.2. The zero-order chi connectivity index (χ0) is 22.3. The standard InChI is InChI=1S/C22H25FN2O5S/c23-19-9-5-4-8-18(19)22(25-21(31)30-20(24)27)14-29-17(10-16(22)11-26)13-28-12-15-6-2-1-3-7-15/h1-9,16-17,26H,10-14H2,(H2,24,27)(H,25,31)/t16-,17+,22-/m0/s1. The highest BCUT2D eigenvalue weighted by Crippen LogP contribution is 2.39. The van der Waals surface area contributed by atoms with E-state index in [2.05, 4.69) is 5.32 Å². The van der Waals surface area contributed by atoms with Gasteiger partial charge >= 0.3 is 6.09 Å². The minimum absolute atomic E-state index is 0.0270. The monoisotopic (exact) mass is 448 g/mol. The number of aliphatic hydroxyl groups excluding tert-OH is 1. The van der Waals surface area contributed by atoms with Gasteiger partial charge in [-0.05, 0) is 30.3 Å². The summed E-state index contributed by atoms with van der Waals surface area (Å²) in [5.74, 6) is -1.00. The number of carbonyl (C=O) groups is 1. The van der Waals surface area contributed by atoms with Gasteiger partial charge in [-0.25, -0.2) is 9.18 Å². The number of carbonyl (C=O) groups excluding carboxylic acids is 1. The van der Waals surface area contributed by atoms with Gasteiger partial charge in [-0.1, -0.05) is 48.5 Å². The first-order chi connectivity index (χ1) is 14.9. The van der Waals surface area contributed by atoms with Crippen LogP contribution in [0.15, 0.2) is 54.6 Å². The Balaban J connectivity index is 1.75. The molecular weight excluding hydrogens is 423 g/mol. The van der Waals surface area contributed by atoms with Gasteiger partial charge in [0.15, 0.2) is 0 Å². The SMILES string of the molecule is NC(=O)OC(=S)N[C@@]1(c2ccccc2F)CO[C@@H](COCc2ccccc2)C[C@H]1CO. The van der Waals surface area contributed by atoms with Gasteiger partial charge in [-0.2, -0.15) is 0 Å². The number of hydrogen-bond acceptors (Lipinski definition) is 6. The van der Waals surface area contributed by atoms with E-state index in [-0.39, 0.29) is 30.1 Å². The first kappa shape index (κ1) is 23.1. The smallest absolute Gasteiger partial charge is 0.396 e. The van der Waals surface area contributed by atoms with Crippen LogP contribution in [0.5, 0.6) is 0 Å². The van der Waals surface area contributed by atoms with Gasteiger partial charge in [-0.3, -0.25) is 0 Å². The maximum atomic E-state index is 14.8. The van der Waals surface area contributed by atoms with Crippen LogP contribution in [0, 0.1) is 11.7 Å². The lowest BCUT2D eigenvalue weighted by molar-refractivity contribution is -0.112. The Morgan fingerprint density at radius 3 is 2.65 bits per heavy atom. The molecule has 2 aromatic rings. The number of rotatable bonds is 7. The summed E-state index contributed by atoms with van der Waals surface area (Å²) in [4.78, 5) is 11.1. The third kappa shape index (κ3) is 5.76. The highest BCUT2D eigenvalue weighted by molar-refractivity contribution is 7.80. The van der Waals surface area contributed by atoms with E-state index >= 15 is 0 Å². The van der Waals surface area contributed by atoms with Gasteiger partial charge in [0.2, 0.25) is 0 Å². The fraction of sp³-hybridized carbons (Fsp3) is 0.364. The minimum atomic E-state index is -1.25. The number of amides is 1. The molecule has 9 heteroatoms. The molecule has 0 unspecified atom stereocenters. The van der Waals surface area contributed by atoms with Crippen molar-refractivity contribution in [2.45, 2.75) is 24.7 Å². The number of aliphatic hydroxyl groups is 1. The minimum Gasteiger partial charge on any atom is -0.396 e. The van der Waals surface area contributed by atoms with Crippen LogP contribution in [0.2, 0.25) is 0 Å². The molecule has 7 nitrogen and oxygen atoms in total. The molecule has 0 spiro atoms. The number of ether oxygens (including phenoxy) is 3. The number of primary amides is 1. The maximum Gasteiger partial charge on any atom is 0.411 e. The molecule has 0 bridgehead atoms. The highest BCUT2D eigenvalue weighted by atomic mass is 32.1. The van der Waals surface area contributed by atoms with Gasteiger partial charge in [0.1, 0.15) is 5.82 Å². The van der Waals surface area contributed by atoms with E-state index in [9.17, 15) is 14.3 Å². The van der Waals surface area contributed by atoms with Crippen molar-refractivity contribution < 1.29 is 28.5 Å². The van der Waals surface area contributed by atoms with E-state index in [0.717, 1.165) is 5.56 Å². The Labute approximate surface area is 185 Å². The van der Waals surface area contributed by atoms with Gasteiger partial charge in [0.05, 0.1) is 31.5 Å². The molecule has 0 aliphatic carbocycles. The fourth-order valence-electron chi connectivity index (χ4n) is 3.81. The van der Waals surface area contributed by atoms with Crippen molar-refractivity contribution in [3.05, 3.63) is 71.5 Å². The van der Waals surface area contributed by atoms with Gasteiger partial charge in [0, 0.05) is 18.1 Å².